The maximum atomic E-state index is 11.5. The summed E-state index contributed by atoms with van der Waals surface area (Å²) < 4.78 is 0. The Morgan fingerprint density at radius 2 is 1.32 bits per heavy atom. The summed E-state index contributed by atoms with van der Waals surface area (Å²) in [5, 5.41) is 9.46. The van der Waals surface area contributed by atoms with E-state index in [0.717, 1.165) is 12.8 Å². The van der Waals surface area contributed by atoms with Gasteiger partial charge in [-0.25, -0.2) is 0 Å². The predicted octanol–water partition coefficient (Wildman–Crippen LogP) is 5.47. The summed E-state index contributed by atoms with van der Waals surface area (Å²) in [6.45, 7) is 6.73. The van der Waals surface area contributed by atoms with E-state index in [1.165, 1.54) is 11.1 Å². The van der Waals surface area contributed by atoms with Gasteiger partial charge in [0, 0.05) is 6.42 Å². The average Bonchev–Trinajstić information content (AvgIpc) is 2.55. The van der Waals surface area contributed by atoms with Crippen molar-refractivity contribution >= 4 is 5.97 Å². The van der Waals surface area contributed by atoms with Crippen LogP contribution in [0.1, 0.15) is 38.3 Å². The number of carboxylic acid groups (broad SMARTS) is 1. The molecule has 1 N–H and O–H groups in total. The largest absolute Gasteiger partial charge is 0.481 e. The summed E-state index contributed by atoms with van der Waals surface area (Å²) in [4.78, 5) is 11.5. The zero-order chi connectivity index (χ0) is 18.2. The first-order valence-electron chi connectivity index (χ1n) is 9.27. The number of aliphatic carboxylic acids is 1. The molecule has 0 spiro atoms. The van der Waals surface area contributed by atoms with Crippen LogP contribution >= 0.6 is 0 Å². The predicted molar refractivity (Wildman–Crippen MR) is 104 cm³/mol. The van der Waals surface area contributed by atoms with E-state index in [9.17, 15) is 9.90 Å². The molecule has 0 aromatic heterocycles. The van der Waals surface area contributed by atoms with Crippen LogP contribution < -0.4 is 0 Å². The standard InChI is InChI=1S/C23H30O2/c1-17(2)23(18(3)14-19-10-6-4-7-11-19)21(16-22(24)25)15-20-12-8-5-9-13-20/h4-13,17-18,21,23H,14-16H2,1-3H3,(H,24,25). The fourth-order valence-electron chi connectivity index (χ4n) is 4.27. The molecule has 0 saturated heterocycles. The van der Waals surface area contributed by atoms with Gasteiger partial charge in [0.1, 0.15) is 0 Å². The van der Waals surface area contributed by atoms with E-state index in [4.69, 9.17) is 0 Å². The van der Waals surface area contributed by atoms with E-state index < -0.39 is 5.97 Å². The molecule has 134 valence electrons. The fraction of sp³-hybridized carbons (Fsp3) is 0.435. The van der Waals surface area contributed by atoms with Crippen molar-refractivity contribution in [1.82, 2.24) is 0 Å². The van der Waals surface area contributed by atoms with Crippen molar-refractivity contribution in [3.63, 3.8) is 0 Å². The van der Waals surface area contributed by atoms with Crippen molar-refractivity contribution in [2.45, 2.75) is 40.0 Å². The SMILES string of the molecule is CC(C)C(C(C)Cc1ccccc1)C(CC(=O)O)Cc1ccccc1. The fourth-order valence-corrected chi connectivity index (χ4v) is 4.27. The van der Waals surface area contributed by atoms with Crippen LogP contribution in [-0.2, 0) is 17.6 Å². The molecule has 3 atom stereocenters. The Labute approximate surface area is 151 Å². The molecular weight excluding hydrogens is 308 g/mol. The van der Waals surface area contributed by atoms with Crippen molar-refractivity contribution < 1.29 is 9.90 Å². The van der Waals surface area contributed by atoms with Crippen molar-refractivity contribution in [3.05, 3.63) is 71.8 Å². The van der Waals surface area contributed by atoms with Gasteiger partial charge < -0.3 is 5.11 Å². The second-order valence-corrected chi connectivity index (χ2v) is 7.54. The van der Waals surface area contributed by atoms with Crippen molar-refractivity contribution in [3.8, 4) is 0 Å². The van der Waals surface area contributed by atoms with Gasteiger partial charge in [-0.1, -0.05) is 81.4 Å². The van der Waals surface area contributed by atoms with Gasteiger partial charge in [0.15, 0.2) is 0 Å². The average molecular weight is 338 g/mol. The van der Waals surface area contributed by atoms with Crippen LogP contribution in [0.2, 0.25) is 0 Å². The Kier molecular flexibility index (Phi) is 7.24. The summed E-state index contributed by atoms with van der Waals surface area (Å²) in [6, 6.07) is 20.8. The van der Waals surface area contributed by atoms with Crippen LogP contribution in [0.3, 0.4) is 0 Å². The molecule has 2 aromatic carbocycles. The first-order valence-corrected chi connectivity index (χ1v) is 9.27. The maximum Gasteiger partial charge on any atom is 0.303 e. The van der Waals surface area contributed by atoms with Gasteiger partial charge in [0.25, 0.3) is 0 Å². The molecule has 0 aliphatic heterocycles. The van der Waals surface area contributed by atoms with Crippen molar-refractivity contribution in [1.29, 1.82) is 0 Å². The number of carboxylic acids is 1. The summed E-state index contributed by atoms with van der Waals surface area (Å²) in [5.74, 6) is 0.718. The third-order valence-electron chi connectivity index (χ3n) is 5.15. The Balaban J connectivity index is 2.20. The van der Waals surface area contributed by atoms with Crippen LogP contribution in [0.5, 0.6) is 0 Å². The molecular formula is C23H30O2. The third-order valence-corrected chi connectivity index (χ3v) is 5.15. The van der Waals surface area contributed by atoms with Gasteiger partial charge in [0.2, 0.25) is 0 Å². The van der Waals surface area contributed by atoms with Crippen molar-refractivity contribution in [2.75, 3.05) is 0 Å². The zero-order valence-corrected chi connectivity index (χ0v) is 15.6. The first-order chi connectivity index (χ1) is 12.0. The van der Waals surface area contributed by atoms with Crippen LogP contribution in [-0.4, -0.2) is 11.1 Å². The van der Waals surface area contributed by atoms with Crippen LogP contribution in [0.15, 0.2) is 60.7 Å². The highest BCUT2D eigenvalue weighted by molar-refractivity contribution is 5.67. The minimum absolute atomic E-state index is 0.151. The Bertz CT molecular complexity index is 634. The van der Waals surface area contributed by atoms with E-state index in [1.807, 2.05) is 24.3 Å². The molecule has 0 heterocycles. The van der Waals surface area contributed by atoms with Gasteiger partial charge in [-0.3, -0.25) is 4.79 Å². The molecule has 3 unspecified atom stereocenters. The Morgan fingerprint density at radius 1 is 0.840 bits per heavy atom. The molecule has 0 bridgehead atoms. The maximum absolute atomic E-state index is 11.5. The Morgan fingerprint density at radius 3 is 1.76 bits per heavy atom. The third kappa shape index (κ3) is 6.04. The molecule has 0 aliphatic carbocycles. The molecule has 0 aliphatic rings. The topological polar surface area (TPSA) is 37.3 Å². The van der Waals surface area contributed by atoms with Gasteiger partial charge in [-0.05, 0) is 47.6 Å². The molecule has 2 heteroatoms. The lowest BCUT2D eigenvalue weighted by molar-refractivity contribution is -0.138. The monoisotopic (exact) mass is 338 g/mol. The zero-order valence-electron chi connectivity index (χ0n) is 15.6. The number of benzene rings is 2. The second kappa shape index (κ2) is 9.41. The molecule has 0 radical (unpaired) electrons. The van der Waals surface area contributed by atoms with E-state index in [2.05, 4.69) is 57.2 Å². The highest BCUT2D eigenvalue weighted by Gasteiger charge is 2.31. The van der Waals surface area contributed by atoms with Crippen LogP contribution in [0.25, 0.3) is 0 Å². The molecule has 2 rings (SSSR count). The highest BCUT2D eigenvalue weighted by Crippen LogP contribution is 2.35. The number of rotatable bonds is 9. The summed E-state index contributed by atoms with van der Waals surface area (Å²) >= 11 is 0. The van der Waals surface area contributed by atoms with E-state index >= 15 is 0 Å². The summed E-state index contributed by atoms with van der Waals surface area (Å²) in [5.41, 5.74) is 2.56. The molecule has 2 nitrogen and oxygen atoms in total. The summed E-state index contributed by atoms with van der Waals surface area (Å²) in [6.07, 6.45) is 2.06. The van der Waals surface area contributed by atoms with Gasteiger partial charge >= 0.3 is 5.97 Å². The van der Waals surface area contributed by atoms with Gasteiger partial charge in [0.05, 0.1) is 0 Å². The second-order valence-electron chi connectivity index (χ2n) is 7.54. The first kappa shape index (κ1) is 19.2. The quantitative estimate of drug-likeness (QED) is 0.658. The molecule has 0 amide bonds. The lowest BCUT2D eigenvalue weighted by atomic mass is 9.70. The highest BCUT2D eigenvalue weighted by atomic mass is 16.4. The van der Waals surface area contributed by atoms with Crippen LogP contribution in [0.4, 0.5) is 0 Å². The molecule has 0 fully saturated rings. The number of carbonyl (C=O) groups is 1. The smallest absolute Gasteiger partial charge is 0.303 e. The minimum atomic E-state index is -0.696. The normalized spacial score (nSPS) is 14.9. The van der Waals surface area contributed by atoms with E-state index in [-0.39, 0.29) is 12.3 Å². The van der Waals surface area contributed by atoms with Gasteiger partial charge in [-0.15, -0.1) is 0 Å². The number of hydrogen-bond donors (Lipinski definition) is 1. The Hall–Kier alpha value is -2.09. The lowest BCUT2D eigenvalue weighted by Crippen LogP contribution is -2.31. The summed E-state index contributed by atoms with van der Waals surface area (Å²) in [7, 11) is 0. The minimum Gasteiger partial charge on any atom is -0.481 e. The van der Waals surface area contributed by atoms with Gasteiger partial charge in [-0.2, -0.15) is 0 Å². The van der Waals surface area contributed by atoms with E-state index in [1.54, 1.807) is 0 Å². The lowest BCUT2D eigenvalue weighted by Gasteiger charge is -2.35. The molecule has 0 saturated carbocycles. The molecule has 25 heavy (non-hydrogen) atoms. The van der Waals surface area contributed by atoms with E-state index in [0.29, 0.717) is 17.8 Å². The van der Waals surface area contributed by atoms with Crippen molar-refractivity contribution in [2.24, 2.45) is 23.7 Å². The molecule has 2 aromatic rings. The van der Waals surface area contributed by atoms with Crippen LogP contribution in [0, 0.1) is 23.7 Å². The number of hydrogen-bond acceptors (Lipinski definition) is 1.